The van der Waals surface area contributed by atoms with Gasteiger partial charge in [0.15, 0.2) is 0 Å². The van der Waals surface area contributed by atoms with Crippen LogP contribution in [0.25, 0.3) is 5.57 Å². The van der Waals surface area contributed by atoms with Crippen LogP contribution in [-0.2, 0) is 6.42 Å². The van der Waals surface area contributed by atoms with Crippen molar-refractivity contribution in [3.8, 4) is 11.5 Å². The molecule has 0 radical (unpaired) electrons. The lowest BCUT2D eigenvalue weighted by molar-refractivity contribution is 0.118. The van der Waals surface area contributed by atoms with E-state index in [2.05, 4.69) is 26.8 Å². The molecule has 1 aliphatic carbocycles. The molecule has 126 valence electrons. The first-order valence-electron chi connectivity index (χ1n) is 8.88. The van der Waals surface area contributed by atoms with Crippen molar-refractivity contribution in [1.29, 1.82) is 0 Å². The van der Waals surface area contributed by atoms with Crippen molar-refractivity contribution in [2.24, 2.45) is 0 Å². The molecule has 2 N–H and O–H groups in total. The van der Waals surface area contributed by atoms with Crippen LogP contribution in [0.5, 0.6) is 11.5 Å². The maximum absolute atomic E-state index is 10.6. The van der Waals surface area contributed by atoms with Crippen molar-refractivity contribution in [1.82, 2.24) is 0 Å². The average molecular weight is 316 g/mol. The SMILES string of the molecule is CCCCCc1cc(O)c2c(c1)OC(C)(C)C1=C2C[C@H](O)CC1. The molecule has 1 atom stereocenters. The minimum atomic E-state index is -0.364. The Balaban J connectivity index is 2.01. The highest BCUT2D eigenvalue weighted by atomic mass is 16.5. The fourth-order valence-electron chi connectivity index (χ4n) is 3.94. The third-order valence-electron chi connectivity index (χ3n) is 5.14. The van der Waals surface area contributed by atoms with Crippen LogP contribution in [0.1, 0.15) is 70.4 Å². The second-order valence-electron chi connectivity index (χ2n) is 7.41. The number of aliphatic hydroxyl groups excluding tert-OH is 1. The normalized spacial score (nSPS) is 22.3. The van der Waals surface area contributed by atoms with E-state index in [1.807, 2.05) is 6.07 Å². The molecule has 0 saturated carbocycles. The fourth-order valence-corrected chi connectivity index (χ4v) is 3.94. The molecule has 23 heavy (non-hydrogen) atoms. The summed E-state index contributed by atoms with van der Waals surface area (Å²) in [5.41, 5.74) is 3.89. The molecule has 0 aromatic heterocycles. The monoisotopic (exact) mass is 316 g/mol. The molecule has 3 nitrogen and oxygen atoms in total. The van der Waals surface area contributed by atoms with Crippen molar-refractivity contribution in [3.63, 3.8) is 0 Å². The van der Waals surface area contributed by atoms with E-state index in [0.717, 1.165) is 48.1 Å². The maximum Gasteiger partial charge on any atom is 0.132 e. The van der Waals surface area contributed by atoms with Crippen LogP contribution < -0.4 is 4.74 Å². The summed E-state index contributed by atoms with van der Waals surface area (Å²) in [6.07, 6.45) is 6.38. The van der Waals surface area contributed by atoms with Crippen LogP contribution in [-0.4, -0.2) is 21.9 Å². The summed E-state index contributed by atoms with van der Waals surface area (Å²) < 4.78 is 6.25. The molecule has 1 aliphatic heterocycles. The van der Waals surface area contributed by atoms with Crippen molar-refractivity contribution >= 4 is 5.57 Å². The maximum atomic E-state index is 10.6. The number of rotatable bonds is 4. The number of phenols is 1. The lowest BCUT2D eigenvalue weighted by Crippen LogP contribution is -2.37. The molecule has 1 aromatic rings. The molecule has 0 amide bonds. The van der Waals surface area contributed by atoms with Gasteiger partial charge in [-0.3, -0.25) is 0 Å². The highest BCUT2D eigenvalue weighted by Crippen LogP contribution is 2.50. The number of hydrogen-bond acceptors (Lipinski definition) is 3. The summed E-state index contributed by atoms with van der Waals surface area (Å²) in [5.74, 6) is 1.07. The molecule has 0 bridgehead atoms. The number of aliphatic hydroxyl groups is 1. The standard InChI is InChI=1S/C20H28O3/c1-4-5-6-7-13-10-17(22)19-15-12-14(21)8-9-16(15)20(2,3)23-18(19)11-13/h10-11,14,21-22H,4-9,12H2,1-3H3/t14-/m1/s1. The predicted octanol–water partition coefficient (Wildman–Crippen LogP) is 4.59. The van der Waals surface area contributed by atoms with Crippen molar-refractivity contribution < 1.29 is 14.9 Å². The molecule has 3 rings (SSSR count). The third-order valence-corrected chi connectivity index (χ3v) is 5.14. The van der Waals surface area contributed by atoms with Gasteiger partial charge in [0.1, 0.15) is 17.1 Å². The van der Waals surface area contributed by atoms with Gasteiger partial charge in [-0.1, -0.05) is 19.8 Å². The van der Waals surface area contributed by atoms with Gasteiger partial charge in [-0.25, -0.2) is 0 Å². The van der Waals surface area contributed by atoms with Gasteiger partial charge in [-0.05, 0) is 74.8 Å². The molecule has 2 aliphatic rings. The van der Waals surface area contributed by atoms with Gasteiger partial charge in [0.25, 0.3) is 0 Å². The molecule has 0 fully saturated rings. The van der Waals surface area contributed by atoms with Gasteiger partial charge in [0.2, 0.25) is 0 Å². The van der Waals surface area contributed by atoms with Crippen molar-refractivity contribution in [2.45, 2.75) is 77.4 Å². The number of fused-ring (bicyclic) bond motifs is 2. The highest BCUT2D eigenvalue weighted by molar-refractivity contribution is 5.81. The Morgan fingerprint density at radius 2 is 2.04 bits per heavy atom. The largest absolute Gasteiger partial charge is 0.507 e. The van der Waals surface area contributed by atoms with Crippen LogP contribution >= 0.6 is 0 Å². The summed E-state index contributed by atoms with van der Waals surface area (Å²) in [6.45, 7) is 6.37. The number of ether oxygens (including phenoxy) is 1. The highest BCUT2D eigenvalue weighted by Gasteiger charge is 2.38. The first kappa shape index (κ1) is 16.4. The number of aryl methyl sites for hydroxylation is 1. The van der Waals surface area contributed by atoms with Crippen LogP contribution in [0.4, 0.5) is 0 Å². The van der Waals surface area contributed by atoms with E-state index in [0.29, 0.717) is 12.2 Å². The number of aromatic hydroxyl groups is 1. The van der Waals surface area contributed by atoms with Gasteiger partial charge in [0.05, 0.1) is 11.7 Å². The molecule has 0 unspecified atom stereocenters. The summed E-state index contributed by atoms with van der Waals surface area (Å²) in [6, 6.07) is 3.96. The van der Waals surface area contributed by atoms with Crippen LogP contribution in [0.3, 0.4) is 0 Å². The minimum Gasteiger partial charge on any atom is -0.507 e. The van der Waals surface area contributed by atoms with Gasteiger partial charge in [-0.2, -0.15) is 0 Å². The summed E-state index contributed by atoms with van der Waals surface area (Å²) in [4.78, 5) is 0. The first-order chi connectivity index (χ1) is 10.9. The van der Waals surface area contributed by atoms with Gasteiger partial charge in [-0.15, -0.1) is 0 Å². The summed E-state index contributed by atoms with van der Waals surface area (Å²) in [7, 11) is 0. The Bertz CT molecular complexity index is 628. The van der Waals surface area contributed by atoms with E-state index in [9.17, 15) is 10.2 Å². The van der Waals surface area contributed by atoms with E-state index in [1.165, 1.54) is 18.4 Å². The van der Waals surface area contributed by atoms with E-state index < -0.39 is 0 Å². The first-order valence-corrected chi connectivity index (χ1v) is 8.88. The molecule has 0 saturated heterocycles. The fraction of sp³-hybridized carbons (Fsp3) is 0.600. The van der Waals surface area contributed by atoms with E-state index in [1.54, 1.807) is 0 Å². The zero-order chi connectivity index (χ0) is 16.6. The van der Waals surface area contributed by atoms with E-state index in [-0.39, 0.29) is 11.7 Å². The van der Waals surface area contributed by atoms with Gasteiger partial charge >= 0.3 is 0 Å². The van der Waals surface area contributed by atoms with Crippen LogP contribution in [0.2, 0.25) is 0 Å². The van der Waals surface area contributed by atoms with Crippen LogP contribution in [0.15, 0.2) is 17.7 Å². The molecule has 1 aromatic carbocycles. The molecular formula is C20H28O3. The minimum absolute atomic E-state index is 0.297. The Labute approximate surface area is 139 Å². The predicted molar refractivity (Wildman–Crippen MR) is 92.8 cm³/mol. The number of phenolic OH excluding ortho intramolecular Hbond substituents is 1. The quantitative estimate of drug-likeness (QED) is 0.799. The number of unbranched alkanes of at least 4 members (excludes halogenated alkanes) is 2. The number of hydrogen-bond donors (Lipinski definition) is 2. The Kier molecular flexibility index (Phi) is 4.41. The van der Waals surface area contributed by atoms with Crippen molar-refractivity contribution in [3.05, 3.63) is 28.8 Å². The van der Waals surface area contributed by atoms with E-state index >= 15 is 0 Å². The topological polar surface area (TPSA) is 49.7 Å². The van der Waals surface area contributed by atoms with Crippen LogP contribution in [0, 0.1) is 0 Å². The zero-order valence-electron chi connectivity index (χ0n) is 14.5. The summed E-state index contributed by atoms with van der Waals surface area (Å²) >= 11 is 0. The molecule has 0 spiro atoms. The smallest absolute Gasteiger partial charge is 0.132 e. The van der Waals surface area contributed by atoms with Gasteiger partial charge < -0.3 is 14.9 Å². The second kappa shape index (κ2) is 6.20. The molecular weight excluding hydrogens is 288 g/mol. The Morgan fingerprint density at radius 1 is 1.26 bits per heavy atom. The third kappa shape index (κ3) is 3.12. The van der Waals surface area contributed by atoms with Crippen molar-refractivity contribution in [2.75, 3.05) is 0 Å². The lowest BCUT2D eigenvalue weighted by atomic mass is 9.76. The summed E-state index contributed by atoms with van der Waals surface area (Å²) in [5, 5.41) is 20.7. The van der Waals surface area contributed by atoms with E-state index in [4.69, 9.17) is 4.74 Å². The Morgan fingerprint density at radius 3 is 2.78 bits per heavy atom. The Hall–Kier alpha value is -1.48. The second-order valence-corrected chi connectivity index (χ2v) is 7.41. The molecule has 3 heteroatoms. The lowest BCUT2D eigenvalue weighted by Gasteiger charge is -2.40. The zero-order valence-corrected chi connectivity index (χ0v) is 14.5. The van der Waals surface area contributed by atoms with Gasteiger partial charge in [0, 0.05) is 0 Å². The molecule has 1 heterocycles. The number of benzene rings is 1. The average Bonchev–Trinajstić information content (AvgIpc) is 2.46.